The number of rotatable bonds is 2. The molecule has 0 fully saturated rings. The summed E-state index contributed by atoms with van der Waals surface area (Å²) >= 11 is 11.8. The SMILES string of the molecule is COC(=O)c1ccc(-c2ccc(Cl)cc2Cl)c(F)n1. The molecule has 6 heteroatoms. The third-order valence-corrected chi connectivity index (χ3v) is 3.01. The number of aromatic nitrogens is 1. The van der Waals surface area contributed by atoms with Gasteiger partial charge in [0.1, 0.15) is 0 Å². The van der Waals surface area contributed by atoms with Crippen molar-refractivity contribution in [1.82, 2.24) is 4.98 Å². The Morgan fingerprint density at radius 2 is 1.89 bits per heavy atom. The number of nitrogens with zero attached hydrogens (tertiary/aromatic N) is 1. The Kier molecular flexibility index (Phi) is 4.02. The zero-order valence-electron chi connectivity index (χ0n) is 9.78. The number of benzene rings is 1. The first-order chi connectivity index (χ1) is 9.02. The molecular formula is C13H8Cl2FNO2. The van der Waals surface area contributed by atoms with Crippen molar-refractivity contribution in [2.45, 2.75) is 0 Å². The summed E-state index contributed by atoms with van der Waals surface area (Å²) in [6.07, 6.45) is 0. The zero-order valence-corrected chi connectivity index (χ0v) is 11.3. The van der Waals surface area contributed by atoms with Crippen molar-refractivity contribution in [2.24, 2.45) is 0 Å². The van der Waals surface area contributed by atoms with Crippen LogP contribution in [0.25, 0.3) is 11.1 Å². The predicted octanol–water partition coefficient (Wildman–Crippen LogP) is 3.98. The van der Waals surface area contributed by atoms with E-state index >= 15 is 0 Å². The Bertz CT molecular complexity index is 647. The van der Waals surface area contributed by atoms with Crippen molar-refractivity contribution >= 4 is 29.2 Å². The van der Waals surface area contributed by atoms with Gasteiger partial charge in [-0.05, 0) is 24.3 Å². The second kappa shape index (κ2) is 5.55. The van der Waals surface area contributed by atoms with Gasteiger partial charge in [0.15, 0.2) is 5.69 Å². The van der Waals surface area contributed by atoms with Crippen molar-refractivity contribution in [3.8, 4) is 11.1 Å². The van der Waals surface area contributed by atoms with Crippen molar-refractivity contribution in [3.05, 3.63) is 52.0 Å². The highest BCUT2D eigenvalue weighted by Crippen LogP contribution is 2.31. The van der Waals surface area contributed by atoms with Crippen LogP contribution in [-0.4, -0.2) is 18.1 Å². The van der Waals surface area contributed by atoms with E-state index in [2.05, 4.69) is 9.72 Å². The van der Waals surface area contributed by atoms with Crippen LogP contribution in [0.1, 0.15) is 10.5 Å². The summed E-state index contributed by atoms with van der Waals surface area (Å²) in [5.74, 6) is -1.50. The lowest BCUT2D eigenvalue weighted by Gasteiger charge is -2.07. The van der Waals surface area contributed by atoms with Crippen LogP contribution >= 0.6 is 23.2 Å². The zero-order chi connectivity index (χ0) is 14.0. The van der Waals surface area contributed by atoms with Gasteiger partial charge in [-0.25, -0.2) is 9.78 Å². The van der Waals surface area contributed by atoms with Crippen LogP contribution in [0.15, 0.2) is 30.3 Å². The highest BCUT2D eigenvalue weighted by molar-refractivity contribution is 6.36. The Labute approximate surface area is 118 Å². The van der Waals surface area contributed by atoms with Crippen LogP contribution < -0.4 is 0 Å². The van der Waals surface area contributed by atoms with Crippen molar-refractivity contribution in [3.63, 3.8) is 0 Å². The van der Waals surface area contributed by atoms with Crippen LogP contribution in [0.2, 0.25) is 10.0 Å². The summed E-state index contributed by atoms with van der Waals surface area (Å²) in [5.41, 5.74) is 0.538. The minimum atomic E-state index is -0.799. The molecular weight excluding hydrogens is 292 g/mol. The molecule has 98 valence electrons. The van der Waals surface area contributed by atoms with Crippen LogP contribution in [0.3, 0.4) is 0 Å². The molecule has 3 nitrogen and oxygen atoms in total. The highest BCUT2D eigenvalue weighted by atomic mass is 35.5. The standard InChI is InChI=1S/C13H8Cl2FNO2/c1-19-13(18)11-5-4-9(12(16)17-11)8-3-2-7(14)6-10(8)15/h2-6H,1H3. The van der Waals surface area contributed by atoms with Crippen molar-refractivity contribution < 1.29 is 13.9 Å². The first-order valence-electron chi connectivity index (χ1n) is 5.23. The van der Waals surface area contributed by atoms with Gasteiger partial charge in [-0.15, -0.1) is 0 Å². The van der Waals surface area contributed by atoms with E-state index in [0.717, 1.165) is 0 Å². The topological polar surface area (TPSA) is 39.2 Å². The second-order valence-electron chi connectivity index (χ2n) is 3.65. The average Bonchev–Trinajstić information content (AvgIpc) is 2.38. The van der Waals surface area contributed by atoms with Gasteiger partial charge in [-0.1, -0.05) is 29.3 Å². The minimum Gasteiger partial charge on any atom is -0.464 e. The summed E-state index contributed by atoms with van der Waals surface area (Å²) in [4.78, 5) is 14.8. The van der Waals surface area contributed by atoms with Gasteiger partial charge >= 0.3 is 5.97 Å². The summed E-state index contributed by atoms with van der Waals surface area (Å²) in [6, 6.07) is 7.48. The molecule has 0 unspecified atom stereocenters. The van der Waals surface area contributed by atoms with Crippen LogP contribution in [0.4, 0.5) is 4.39 Å². The summed E-state index contributed by atoms with van der Waals surface area (Å²) in [5, 5.41) is 0.757. The van der Waals surface area contributed by atoms with Gasteiger partial charge in [0.25, 0.3) is 0 Å². The van der Waals surface area contributed by atoms with E-state index in [1.165, 1.54) is 25.3 Å². The molecule has 0 atom stereocenters. The van der Waals surface area contributed by atoms with Gasteiger partial charge in [0, 0.05) is 16.1 Å². The van der Waals surface area contributed by atoms with Crippen LogP contribution in [0.5, 0.6) is 0 Å². The van der Waals surface area contributed by atoms with E-state index in [0.29, 0.717) is 15.6 Å². The molecule has 0 aliphatic carbocycles. The lowest BCUT2D eigenvalue weighted by molar-refractivity contribution is 0.0592. The summed E-state index contributed by atoms with van der Waals surface area (Å²) < 4.78 is 18.4. The molecule has 0 spiro atoms. The minimum absolute atomic E-state index is 0.103. The van der Waals surface area contributed by atoms with Crippen molar-refractivity contribution in [2.75, 3.05) is 7.11 Å². The molecule has 0 saturated heterocycles. The number of pyridine rings is 1. The van der Waals surface area contributed by atoms with Crippen LogP contribution in [0, 0.1) is 5.95 Å². The maximum Gasteiger partial charge on any atom is 0.356 e. The second-order valence-corrected chi connectivity index (χ2v) is 4.49. The molecule has 0 saturated carbocycles. The van der Waals surface area contributed by atoms with Gasteiger partial charge in [-0.2, -0.15) is 4.39 Å². The molecule has 19 heavy (non-hydrogen) atoms. The highest BCUT2D eigenvalue weighted by Gasteiger charge is 2.14. The maximum absolute atomic E-state index is 13.9. The molecule has 2 aromatic rings. The molecule has 2 rings (SSSR count). The normalized spacial score (nSPS) is 10.3. The van der Waals surface area contributed by atoms with E-state index < -0.39 is 11.9 Å². The maximum atomic E-state index is 13.9. The Morgan fingerprint density at radius 1 is 1.21 bits per heavy atom. The van der Waals surface area contributed by atoms with Gasteiger partial charge < -0.3 is 4.74 Å². The van der Waals surface area contributed by atoms with E-state index in [-0.39, 0.29) is 11.3 Å². The number of ether oxygens (including phenoxy) is 1. The third-order valence-electron chi connectivity index (χ3n) is 2.46. The molecule has 0 N–H and O–H groups in total. The van der Waals surface area contributed by atoms with E-state index in [1.54, 1.807) is 12.1 Å². The quantitative estimate of drug-likeness (QED) is 0.622. The molecule has 1 aromatic heterocycles. The first kappa shape index (κ1) is 13.8. The lowest BCUT2D eigenvalue weighted by Crippen LogP contribution is -2.06. The molecule has 0 aliphatic heterocycles. The van der Waals surface area contributed by atoms with Gasteiger partial charge in [0.2, 0.25) is 5.95 Å². The fourth-order valence-electron chi connectivity index (χ4n) is 1.56. The lowest BCUT2D eigenvalue weighted by atomic mass is 10.1. The Morgan fingerprint density at radius 3 is 2.47 bits per heavy atom. The predicted molar refractivity (Wildman–Crippen MR) is 71.0 cm³/mol. The summed E-state index contributed by atoms with van der Waals surface area (Å²) in [6.45, 7) is 0. The van der Waals surface area contributed by atoms with E-state index in [9.17, 15) is 9.18 Å². The number of hydrogen-bond donors (Lipinski definition) is 0. The smallest absolute Gasteiger partial charge is 0.356 e. The average molecular weight is 300 g/mol. The summed E-state index contributed by atoms with van der Waals surface area (Å²) in [7, 11) is 1.20. The fraction of sp³-hybridized carbons (Fsp3) is 0.0769. The first-order valence-corrected chi connectivity index (χ1v) is 5.99. The van der Waals surface area contributed by atoms with E-state index in [1.807, 2.05) is 0 Å². The molecule has 1 aromatic carbocycles. The molecule has 0 aliphatic rings. The molecule has 0 amide bonds. The molecule has 1 heterocycles. The number of esters is 1. The number of carbonyl (C=O) groups is 1. The molecule has 0 bridgehead atoms. The third kappa shape index (κ3) is 2.85. The van der Waals surface area contributed by atoms with E-state index in [4.69, 9.17) is 23.2 Å². The van der Waals surface area contributed by atoms with Gasteiger partial charge in [-0.3, -0.25) is 0 Å². The number of methoxy groups -OCH3 is 1. The number of halogens is 3. The largest absolute Gasteiger partial charge is 0.464 e. The number of hydrogen-bond acceptors (Lipinski definition) is 3. The fourth-order valence-corrected chi connectivity index (χ4v) is 2.07. The number of carbonyl (C=O) groups excluding carboxylic acids is 1. The van der Waals surface area contributed by atoms with Crippen molar-refractivity contribution in [1.29, 1.82) is 0 Å². The Hall–Kier alpha value is -1.65. The van der Waals surface area contributed by atoms with Gasteiger partial charge in [0.05, 0.1) is 12.1 Å². The van der Waals surface area contributed by atoms with Crippen LogP contribution in [-0.2, 0) is 4.74 Å². The molecule has 0 radical (unpaired) electrons. The Balaban J connectivity index is 2.49. The monoisotopic (exact) mass is 299 g/mol.